The summed E-state index contributed by atoms with van der Waals surface area (Å²) in [6, 6.07) is 7.93. The molecule has 8 nitrogen and oxygen atoms in total. The number of halogens is 2. The van der Waals surface area contributed by atoms with Gasteiger partial charge < -0.3 is 19.9 Å². The predicted octanol–water partition coefficient (Wildman–Crippen LogP) is 2.15. The highest BCUT2D eigenvalue weighted by atomic mass is 19.1. The van der Waals surface area contributed by atoms with Crippen molar-refractivity contribution in [1.29, 1.82) is 0 Å². The van der Waals surface area contributed by atoms with Gasteiger partial charge in [-0.3, -0.25) is 9.69 Å². The maximum absolute atomic E-state index is 14.9. The van der Waals surface area contributed by atoms with Gasteiger partial charge in [0.1, 0.15) is 17.6 Å². The van der Waals surface area contributed by atoms with Crippen LogP contribution in [0.3, 0.4) is 0 Å². The molecule has 2 aliphatic rings. The minimum absolute atomic E-state index is 0.0844. The Morgan fingerprint density at radius 1 is 1.16 bits per heavy atom. The van der Waals surface area contributed by atoms with Crippen LogP contribution in [0.4, 0.5) is 30.8 Å². The van der Waals surface area contributed by atoms with Gasteiger partial charge in [-0.2, -0.15) is 0 Å². The molecule has 0 radical (unpaired) electrons. The summed E-state index contributed by atoms with van der Waals surface area (Å²) in [6.45, 7) is 3.64. The van der Waals surface area contributed by atoms with Crippen LogP contribution in [0, 0.1) is 11.6 Å². The van der Waals surface area contributed by atoms with E-state index in [2.05, 4.69) is 15.2 Å². The Balaban J connectivity index is 1.45. The van der Waals surface area contributed by atoms with Gasteiger partial charge in [-0.15, -0.1) is 0 Å². The summed E-state index contributed by atoms with van der Waals surface area (Å²) in [4.78, 5) is 32.4. The molecule has 3 heterocycles. The number of hydrogen-bond acceptors (Lipinski definition) is 6. The Kier molecular flexibility index (Phi) is 5.88. The van der Waals surface area contributed by atoms with Gasteiger partial charge in [-0.25, -0.2) is 18.6 Å². The van der Waals surface area contributed by atoms with E-state index in [9.17, 15) is 18.4 Å². The van der Waals surface area contributed by atoms with E-state index in [-0.39, 0.29) is 30.4 Å². The van der Waals surface area contributed by atoms with Gasteiger partial charge in [0, 0.05) is 51.4 Å². The second-order valence-electron chi connectivity index (χ2n) is 7.47. The number of cyclic esters (lactones) is 1. The van der Waals surface area contributed by atoms with Crippen molar-refractivity contribution in [2.45, 2.75) is 13.0 Å². The third-order valence-electron chi connectivity index (χ3n) is 5.34. The molecule has 2 aromatic rings. The smallest absolute Gasteiger partial charge is 0.414 e. The van der Waals surface area contributed by atoms with Crippen LogP contribution in [-0.2, 0) is 9.53 Å². The molecule has 2 aliphatic heterocycles. The fourth-order valence-electron chi connectivity index (χ4n) is 3.81. The predicted molar refractivity (Wildman–Crippen MR) is 111 cm³/mol. The highest BCUT2D eigenvalue weighted by molar-refractivity contribution is 5.90. The Morgan fingerprint density at radius 3 is 2.45 bits per heavy atom. The van der Waals surface area contributed by atoms with Gasteiger partial charge >= 0.3 is 6.09 Å². The van der Waals surface area contributed by atoms with E-state index >= 15 is 0 Å². The molecule has 0 spiro atoms. The zero-order valence-electron chi connectivity index (χ0n) is 17.1. The summed E-state index contributed by atoms with van der Waals surface area (Å²) in [5, 5.41) is 2.56. The first-order valence-electron chi connectivity index (χ1n) is 10.0. The first-order chi connectivity index (χ1) is 14.9. The third-order valence-corrected chi connectivity index (χ3v) is 5.34. The Hall–Kier alpha value is -3.43. The molecule has 164 valence electrons. The van der Waals surface area contributed by atoms with Crippen molar-refractivity contribution in [2.75, 3.05) is 54.0 Å². The van der Waals surface area contributed by atoms with Gasteiger partial charge in [0.15, 0.2) is 11.6 Å². The van der Waals surface area contributed by atoms with E-state index in [1.165, 1.54) is 11.8 Å². The zero-order chi connectivity index (χ0) is 22.0. The Labute approximate surface area is 178 Å². The molecule has 2 saturated heterocycles. The molecule has 2 amide bonds. The number of nitrogens with zero attached hydrogens (tertiary/aromatic N) is 4. The molecule has 0 unspecified atom stereocenters. The van der Waals surface area contributed by atoms with Crippen molar-refractivity contribution < 1.29 is 23.1 Å². The molecule has 1 aromatic carbocycles. The number of carbonyl (C=O) groups excluding carboxylic acids is 2. The van der Waals surface area contributed by atoms with E-state index in [0.29, 0.717) is 26.2 Å². The largest absolute Gasteiger partial charge is 0.442 e. The quantitative estimate of drug-likeness (QED) is 0.782. The first kappa shape index (κ1) is 20.8. The lowest BCUT2D eigenvalue weighted by molar-refractivity contribution is -0.119. The second-order valence-corrected chi connectivity index (χ2v) is 7.47. The van der Waals surface area contributed by atoms with Crippen LogP contribution in [-0.4, -0.2) is 62.4 Å². The summed E-state index contributed by atoms with van der Waals surface area (Å²) >= 11 is 0. The first-order valence-corrected chi connectivity index (χ1v) is 10.0. The van der Waals surface area contributed by atoms with Crippen molar-refractivity contribution >= 4 is 29.2 Å². The number of hydrogen-bond donors (Lipinski definition) is 1. The molecule has 4 rings (SSSR count). The Morgan fingerprint density at radius 2 is 1.84 bits per heavy atom. The molecule has 0 bridgehead atoms. The van der Waals surface area contributed by atoms with Gasteiger partial charge in [0.05, 0.1) is 18.8 Å². The summed E-state index contributed by atoms with van der Waals surface area (Å²) in [5.41, 5.74) is -0.0204. The summed E-state index contributed by atoms with van der Waals surface area (Å²) in [5.74, 6) is -0.891. The summed E-state index contributed by atoms with van der Waals surface area (Å²) < 4.78 is 35.0. The SMILES string of the molecule is CC(=O)NC[C@H]1CN(c2cc(F)c(N3CCN(c4ccccn4)CC3)c(F)c2)C(=O)O1. The van der Waals surface area contributed by atoms with E-state index in [1.807, 2.05) is 18.2 Å². The lowest BCUT2D eigenvalue weighted by Crippen LogP contribution is -2.47. The Bertz CT molecular complexity index is 944. The van der Waals surface area contributed by atoms with Crippen LogP contribution in [0.15, 0.2) is 36.5 Å². The number of pyridine rings is 1. The average Bonchev–Trinajstić information content (AvgIpc) is 3.13. The van der Waals surface area contributed by atoms with Crippen molar-refractivity contribution in [3.63, 3.8) is 0 Å². The van der Waals surface area contributed by atoms with E-state index in [0.717, 1.165) is 18.0 Å². The highest BCUT2D eigenvalue weighted by Crippen LogP contribution is 2.31. The maximum atomic E-state index is 14.9. The van der Waals surface area contributed by atoms with Crippen molar-refractivity contribution in [3.05, 3.63) is 48.2 Å². The fourth-order valence-corrected chi connectivity index (χ4v) is 3.81. The molecule has 1 N–H and O–H groups in total. The van der Waals surface area contributed by atoms with Gasteiger partial charge in [-0.1, -0.05) is 6.07 Å². The topological polar surface area (TPSA) is 78.0 Å². The van der Waals surface area contributed by atoms with E-state index in [4.69, 9.17) is 4.74 Å². The average molecular weight is 431 g/mol. The monoisotopic (exact) mass is 431 g/mol. The molecule has 1 aromatic heterocycles. The molecular weight excluding hydrogens is 408 g/mol. The van der Waals surface area contributed by atoms with Crippen LogP contribution < -0.4 is 20.0 Å². The normalized spacial score (nSPS) is 18.9. The number of benzene rings is 1. The number of amides is 2. The highest BCUT2D eigenvalue weighted by Gasteiger charge is 2.34. The minimum Gasteiger partial charge on any atom is -0.442 e. The second kappa shape index (κ2) is 8.75. The van der Waals surface area contributed by atoms with Gasteiger partial charge in [-0.05, 0) is 12.1 Å². The molecule has 0 aliphatic carbocycles. The number of anilines is 3. The number of carbonyl (C=O) groups is 2. The van der Waals surface area contributed by atoms with Crippen molar-refractivity contribution in [2.24, 2.45) is 0 Å². The molecular formula is C21H23F2N5O3. The third kappa shape index (κ3) is 4.52. The molecule has 0 saturated carbocycles. The van der Waals surface area contributed by atoms with E-state index < -0.39 is 23.8 Å². The van der Waals surface area contributed by atoms with E-state index in [1.54, 1.807) is 11.1 Å². The number of nitrogens with one attached hydrogen (secondary N) is 1. The molecule has 31 heavy (non-hydrogen) atoms. The van der Waals surface area contributed by atoms with Crippen LogP contribution in [0.2, 0.25) is 0 Å². The number of piperazine rings is 1. The lowest BCUT2D eigenvalue weighted by Gasteiger charge is -2.37. The van der Waals surface area contributed by atoms with Crippen LogP contribution in [0.25, 0.3) is 0 Å². The zero-order valence-corrected chi connectivity index (χ0v) is 17.1. The van der Waals surface area contributed by atoms with Crippen LogP contribution >= 0.6 is 0 Å². The van der Waals surface area contributed by atoms with Crippen LogP contribution in [0.1, 0.15) is 6.92 Å². The molecule has 1 atom stereocenters. The standard InChI is InChI=1S/C21H23F2N5O3/c1-14(29)25-12-16-13-28(21(30)31-16)15-10-17(22)20(18(23)11-15)27-8-6-26(7-9-27)19-4-2-3-5-24-19/h2-5,10-11,16H,6-9,12-13H2,1H3,(H,25,29)/t16-/m0/s1. The molecule has 10 heteroatoms. The maximum Gasteiger partial charge on any atom is 0.414 e. The van der Waals surface area contributed by atoms with Crippen LogP contribution in [0.5, 0.6) is 0 Å². The lowest BCUT2D eigenvalue weighted by atomic mass is 10.2. The number of ether oxygens (including phenoxy) is 1. The molecule has 2 fully saturated rings. The fraction of sp³-hybridized carbons (Fsp3) is 0.381. The van der Waals surface area contributed by atoms with Crippen molar-refractivity contribution in [3.8, 4) is 0 Å². The summed E-state index contributed by atoms with van der Waals surface area (Å²) in [7, 11) is 0. The number of aromatic nitrogens is 1. The minimum atomic E-state index is -0.737. The summed E-state index contributed by atoms with van der Waals surface area (Å²) in [6.07, 6.45) is 0.428. The number of rotatable bonds is 5. The van der Waals surface area contributed by atoms with Gasteiger partial charge in [0.2, 0.25) is 5.91 Å². The van der Waals surface area contributed by atoms with Gasteiger partial charge in [0.25, 0.3) is 0 Å². The van der Waals surface area contributed by atoms with Crippen molar-refractivity contribution in [1.82, 2.24) is 10.3 Å².